The summed E-state index contributed by atoms with van der Waals surface area (Å²) >= 11 is 0. The molecule has 0 spiro atoms. The first-order valence-corrected chi connectivity index (χ1v) is 11.2. The molecule has 5 nitrogen and oxygen atoms in total. The minimum absolute atomic E-state index is 0.132. The summed E-state index contributed by atoms with van der Waals surface area (Å²) in [6, 6.07) is 26.3. The minimum Gasteiger partial charge on any atom is -0.497 e. The second-order valence-electron chi connectivity index (χ2n) is 7.17. The number of para-hydroxylation sites is 1. The highest BCUT2D eigenvalue weighted by Crippen LogP contribution is 2.36. The molecular weight excluding hydrogens is 396 g/mol. The molecule has 154 valence electrons. The van der Waals surface area contributed by atoms with Crippen molar-refractivity contribution in [3.63, 3.8) is 0 Å². The predicted octanol–water partition coefficient (Wildman–Crippen LogP) is 4.46. The molecule has 1 fully saturated rings. The molecule has 1 aliphatic heterocycles. The normalized spacial score (nSPS) is 17.1. The number of nitrogens with zero attached hydrogens (tertiary/aromatic N) is 2. The molecule has 0 N–H and O–H groups in total. The molecule has 0 radical (unpaired) electrons. The van der Waals surface area contributed by atoms with Gasteiger partial charge in [0.25, 0.3) is 10.0 Å². The molecule has 0 saturated carbocycles. The second-order valence-corrected chi connectivity index (χ2v) is 9.03. The zero-order chi connectivity index (χ0) is 21.1. The van der Waals surface area contributed by atoms with Gasteiger partial charge in [0, 0.05) is 11.4 Å². The van der Waals surface area contributed by atoms with Crippen LogP contribution in [0, 0.1) is 0 Å². The molecule has 0 aromatic heterocycles. The molecule has 4 rings (SSSR count). The van der Waals surface area contributed by atoms with Crippen LogP contribution in [0.4, 0.5) is 5.69 Å². The van der Waals surface area contributed by atoms with Crippen molar-refractivity contribution in [3.8, 4) is 5.75 Å². The molecule has 30 heavy (non-hydrogen) atoms. The zero-order valence-corrected chi connectivity index (χ0v) is 17.6. The lowest BCUT2D eigenvalue weighted by molar-refractivity contribution is 0.390. The summed E-state index contributed by atoms with van der Waals surface area (Å²) in [5, 5.41) is 0. The Bertz CT molecular complexity index is 1110. The van der Waals surface area contributed by atoms with Crippen LogP contribution in [-0.4, -0.2) is 32.9 Å². The highest BCUT2D eigenvalue weighted by atomic mass is 32.2. The van der Waals surface area contributed by atoms with Gasteiger partial charge in [-0.2, -0.15) is 0 Å². The van der Waals surface area contributed by atoms with Gasteiger partial charge in [0.1, 0.15) is 5.75 Å². The van der Waals surface area contributed by atoms with Crippen molar-refractivity contribution in [3.05, 3.63) is 103 Å². The molecule has 0 bridgehead atoms. The maximum atomic E-state index is 13.4. The van der Waals surface area contributed by atoms with Gasteiger partial charge in [-0.25, -0.2) is 8.42 Å². The van der Waals surface area contributed by atoms with Crippen molar-refractivity contribution >= 4 is 15.7 Å². The van der Waals surface area contributed by atoms with Crippen molar-refractivity contribution in [1.29, 1.82) is 0 Å². The van der Waals surface area contributed by atoms with E-state index in [1.54, 1.807) is 31.4 Å². The van der Waals surface area contributed by atoms with Gasteiger partial charge in [-0.1, -0.05) is 55.1 Å². The Labute approximate surface area is 177 Å². The summed E-state index contributed by atoms with van der Waals surface area (Å²) in [5.74, 6) is 0.615. The number of anilines is 1. The average molecular weight is 421 g/mol. The number of hydrogen-bond acceptors (Lipinski definition) is 4. The molecule has 1 unspecified atom stereocenters. The molecule has 1 heterocycles. The first kappa shape index (κ1) is 20.0. The van der Waals surface area contributed by atoms with Gasteiger partial charge in [0.15, 0.2) is 0 Å². The third-order valence-electron chi connectivity index (χ3n) is 5.34. The van der Waals surface area contributed by atoms with Crippen molar-refractivity contribution in [2.24, 2.45) is 0 Å². The van der Waals surface area contributed by atoms with E-state index >= 15 is 0 Å². The number of benzene rings is 3. The van der Waals surface area contributed by atoms with Crippen LogP contribution >= 0.6 is 0 Å². The highest BCUT2D eigenvalue weighted by molar-refractivity contribution is 7.89. The molecule has 6 heteroatoms. The van der Waals surface area contributed by atoms with Crippen molar-refractivity contribution in [2.75, 3.05) is 25.1 Å². The van der Waals surface area contributed by atoms with Gasteiger partial charge in [0.05, 0.1) is 31.1 Å². The maximum Gasteiger partial charge on any atom is 0.264 e. The summed E-state index contributed by atoms with van der Waals surface area (Å²) in [5.41, 5.74) is 2.64. The molecule has 3 aromatic carbocycles. The largest absolute Gasteiger partial charge is 0.497 e. The topological polar surface area (TPSA) is 49.9 Å². The van der Waals surface area contributed by atoms with Gasteiger partial charge in [-0.05, 0) is 42.0 Å². The first-order chi connectivity index (χ1) is 14.5. The van der Waals surface area contributed by atoms with E-state index in [0.29, 0.717) is 18.0 Å². The van der Waals surface area contributed by atoms with E-state index in [-0.39, 0.29) is 17.5 Å². The Hall–Kier alpha value is -3.25. The van der Waals surface area contributed by atoms with Crippen LogP contribution in [-0.2, 0) is 10.0 Å². The van der Waals surface area contributed by atoms with Crippen LogP contribution in [0.2, 0.25) is 0 Å². The van der Waals surface area contributed by atoms with Crippen LogP contribution in [0.25, 0.3) is 0 Å². The maximum absolute atomic E-state index is 13.4. The third-order valence-corrected chi connectivity index (χ3v) is 7.20. The Morgan fingerprint density at radius 1 is 0.900 bits per heavy atom. The lowest BCUT2D eigenvalue weighted by Gasteiger charge is -2.44. The Morgan fingerprint density at radius 3 is 2.10 bits per heavy atom. The van der Waals surface area contributed by atoms with E-state index in [1.165, 1.54) is 4.31 Å². The lowest BCUT2D eigenvalue weighted by atomic mass is 10.0. The number of piperazine rings is 1. The second kappa shape index (κ2) is 8.24. The SMILES string of the molecule is C=C1CN(c2ccccc2)C(c2ccccc2)CN1S(=O)(=O)c1ccc(OC)cc1. The fourth-order valence-electron chi connectivity index (χ4n) is 3.76. The van der Waals surface area contributed by atoms with Crippen molar-refractivity contribution in [1.82, 2.24) is 4.31 Å². The average Bonchev–Trinajstić information content (AvgIpc) is 2.80. The van der Waals surface area contributed by atoms with Crippen LogP contribution in [0.3, 0.4) is 0 Å². The van der Waals surface area contributed by atoms with E-state index in [1.807, 2.05) is 60.7 Å². The fourth-order valence-corrected chi connectivity index (χ4v) is 5.23. The van der Waals surface area contributed by atoms with E-state index < -0.39 is 10.0 Å². The smallest absolute Gasteiger partial charge is 0.264 e. The number of ether oxygens (including phenoxy) is 1. The molecule has 0 amide bonds. The number of methoxy groups -OCH3 is 1. The molecule has 0 aliphatic carbocycles. The summed E-state index contributed by atoms with van der Waals surface area (Å²) in [7, 11) is -2.18. The highest BCUT2D eigenvalue weighted by Gasteiger charge is 2.36. The number of sulfonamides is 1. The Morgan fingerprint density at radius 2 is 1.50 bits per heavy atom. The van der Waals surface area contributed by atoms with Gasteiger partial charge < -0.3 is 9.64 Å². The molecule has 1 aliphatic rings. The van der Waals surface area contributed by atoms with Crippen LogP contribution in [0.1, 0.15) is 11.6 Å². The quantitative estimate of drug-likeness (QED) is 0.611. The van der Waals surface area contributed by atoms with Gasteiger partial charge in [0.2, 0.25) is 0 Å². The van der Waals surface area contributed by atoms with Crippen LogP contribution < -0.4 is 9.64 Å². The minimum atomic E-state index is -3.73. The van der Waals surface area contributed by atoms with Gasteiger partial charge in [-0.3, -0.25) is 4.31 Å². The molecule has 1 saturated heterocycles. The van der Waals surface area contributed by atoms with Crippen LogP contribution in [0.15, 0.2) is 102 Å². The van der Waals surface area contributed by atoms with E-state index in [4.69, 9.17) is 4.74 Å². The zero-order valence-electron chi connectivity index (χ0n) is 16.8. The summed E-state index contributed by atoms with van der Waals surface area (Å²) in [6.07, 6.45) is 0. The third kappa shape index (κ3) is 3.78. The van der Waals surface area contributed by atoms with Crippen LogP contribution in [0.5, 0.6) is 5.75 Å². The molecule has 3 aromatic rings. The monoisotopic (exact) mass is 420 g/mol. The van der Waals surface area contributed by atoms with Gasteiger partial charge >= 0.3 is 0 Å². The predicted molar refractivity (Wildman–Crippen MR) is 119 cm³/mol. The Balaban J connectivity index is 1.72. The van der Waals surface area contributed by atoms with E-state index in [0.717, 1.165) is 11.3 Å². The van der Waals surface area contributed by atoms with Crippen molar-refractivity contribution in [2.45, 2.75) is 10.9 Å². The summed E-state index contributed by atoms with van der Waals surface area (Å²) in [6.45, 7) is 4.80. The number of rotatable bonds is 5. The van der Waals surface area contributed by atoms with Crippen molar-refractivity contribution < 1.29 is 13.2 Å². The molecule has 1 atom stereocenters. The first-order valence-electron chi connectivity index (χ1n) is 9.72. The van der Waals surface area contributed by atoms with E-state index in [9.17, 15) is 8.42 Å². The Kier molecular flexibility index (Phi) is 5.50. The number of hydrogen-bond donors (Lipinski definition) is 0. The van der Waals surface area contributed by atoms with Gasteiger partial charge in [-0.15, -0.1) is 0 Å². The molecular formula is C24H24N2O3S. The summed E-state index contributed by atoms with van der Waals surface area (Å²) < 4.78 is 33.4. The van der Waals surface area contributed by atoms with E-state index in [2.05, 4.69) is 11.5 Å². The summed E-state index contributed by atoms with van der Waals surface area (Å²) in [4.78, 5) is 2.43. The lowest BCUT2D eigenvalue weighted by Crippen LogP contribution is -2.48. The fraction of sp³-hybridized carbons (Fsp3) is 0.167. The standard InChI is InChI=1S/C24H24N2O3S/c1-19-17-25(21-11-7-4-8-12-21)24(20-9-5-3-6-10-20)18-26(19)30(27,28)23-15-13-22(29-2)14-16-23/h3-16,24H,1,17-18H2,2H3.